The molecule has 0 atom stereocenters. The lowest BCUT2D eigenvalue weighted by Crippen LogP contribution is -2.24. The third-order valence-electron chi connectivity index (χ3n) is 2.24. The summed E-state index contributed by atoms with van der Waals surface area (Å²) in [5, 5.41) is 3.22. The van der Waals surface area contributed by atoms with Crippen molar-refractivity contribution in [2.24, 2.45) is 5.73 Å². The van der Waals surface area contributed by atoms with Crippen molar-refractivity contribution < 1.29 is 9.53 Å². The maximum absolute atomic E-state index is 10.4. The van der Waals surface area contributed by atoms with Crippen molar-refractivity contribution in [2.45, 2.75) is 26.4 Å². The molecular formula is C11H20N4O2. The SMILES string of the molecule is CCCn1cncc1CNCCOCC(N)=O. The minimum atomic E-state index is -0.439. The minimum absolute atomic E-state index is 0.0184. The molecule has 1 heterocycles. The van der Waals surface area contributed by atoms with Gasteiger partial charge in [-0.15, -0.1) is 0 Å². The first kappa shape index (κ1) is 13.7. The van der Waals surface area contributed by atoms with E-state index in [9.17, 15) is 4.79 Å². The Balaban J connectivity index is 2.13. The fourth-order valence-electron chi connectivity index (χ4n) is 1.47. The van der Waals surface area contributed by atoms with Crippen LogP contribution in [0.1, 0.15) is 19.0 Å². The fourth-order valence-corrected chi connectivity index (χ4v) is 1.47. The minimum Gasteiger partial charge on any atom is -0.370 e. The number of hydrogen-bond donors (Lipinski definition) is 2. The molecule has 1 aromatic rings. The molecule has 0 fully saturated rings. The summed E-state index contributed by atoms with van der Waals surface area (Å²) in [6.07, 6.45) is 4.78. The summed E-state index contributed by atoms with van der Waals surface area (Å²) < 4.78 is 7.16. The Morgan fingerprint density at radius 1 is 1.65 bits per heavy atom. The zero-order chi connectivity index (χ0) is 12.5. The van der Waals surface area contributed by atoms with Crippen LogP contribution in [0.3, 0.4) is 0 Å². The van der Waals surface area contributed by atoms with Gasteiger partial charge in [0.1, 0.15) is 6.61 Å². The van der Waals surface area contributed by atoms with Crippen molar-refractivity contribution >= 4 is 5.91 Å². The maximum Gasteiger partial charge on any atom is 0.243 e. The Hall–Kier alpha value is -1.40. The van der Waals surface area contributed by atoms with Gasteiger partial charge < -0.3 is 20.4 Å². The molecule has 17 heavy (non-hydrogen) atoms. The predicted molar refractivity (Wildman–Crippen MR) is 64.2 cm³/mol. The Bertz CT molecular complexity index is 338. The number of imidazole rings is 1. The zero-order valence-electron chi connectivity index (χ0n) is 10.2. The van der Waals surface area contributed by atoms with Crippen LogP contribution in [0.25, 0.3) is 0 Å². The third kappa shape index (κ3) is 5.46. The van der Waals surface area contributed by atoms with Gasteiger partial charge in [0.25, 0.3) is 0 Å². The van der Waals surface area contributed by atoms with Crippen molar-refractivity contribution in [2.75, 3.05) is 19.8 Å². The van der Waals surface area contributed by atoms with E-state index in [4.69, 9.17) is 10.5 Å². The number of primary amides is 1. The standard InChI is InChI=1S/C11H20N4O2/c1-2-4-15-9-14-7-10(15)6-13-3-5-17-8-11(12)16/h7,9,13H,2-6,8H2,1H3,(H2,12,16). The molecule has 0 aromatic carbocycles. The summed E-state index contributed by atoms with van der Waals surface area (Å²) in [4.78, 5) is 14.5. The first-order valence-electron chi connectivity index (χ1n) is 5.79. The topological polar surface area (TPSA) is 82.2 Å². The summed E-state index contributed by atoms with van der Waals surface area (Å²) in [7, 11) is 0. The van der Waals surface area contributed by atoms with Crippen LogP contribution >= 0.6 is 0 Å². The van der Waals surface area contributed by atoms with E-state index in [1.54, 1.807) is 0 Å². The van der Waals surface area contributed by atoms with Crippen molar-refractivity contribution in [1.82, 2.24) is 14.9 Å². The molecule has 96 valence electrons. The van der Waals surface area contributed by atoms with Gasteiger partial charge in [-0.05, 0) is 6.42 Å². The fraction of sp³-hybridized carbons (Fsp3) is 0.636. The van der Waals surface area contributed by atoms with E-state index in [1.807, 2.05) is 12.5 Å². The van der Waals surface area contributed by atoms with Gasteiger partial charge in [-0.25, -0.2) is 4.98 Å². The lowest BCUT2D eigenvalue weighted by molar-refractivity contribution is -0.122. The van der Waals surface area contributed by atoms with E-state index in [0.717, 1.165) is 25.2 Å². The van der Waals surface area contributed by atoms with Gasteiger partial charge in [0.05, 0.1) is 18.6 Å². The first-order valence-corrected chi connectivity index (χ1v) is 5.79. The van der Waals surface area contributed by atoms with Crippen LogP contribution in [-0.4, -0.2) is 35.2 Å². The van der Waals surface area contributed by atoms with Gasteiger partial charge in [0.2, 0.25) is 5.91 Å². The highest BCUT2D eigenvalue weighted by molar-refractivity contribution is 5.74. The molecule has 6 nitrogen and oxygen atoms in total. The maximum atomic E-state index is 10.4. The van der Waals surface area contributed by atoms with Crippen LogP contribution in [0.5, 0.6) is 0 Å². The Morgan fingerprint density at radius 3 is 3.18 bits per heavy atom. The van der Waals surface area contributed by atoms with Gasteiger partial charge >= 0.3 is 0 Å². The average Bonchev–Trinajstić information content (AvgIpc) is 2.71. The highest BCUT2D eigenvalue weighted by Gasteiger charge is 2.00. The molecular weight excluding hydrogens is 220 g/mol. The van der Waals surface area contributed by atoms with Gasteiger partial charge in [-0.2, -0.15) is 0 Å². The monoisotopic (exact) mass is 240 g/mol. The number of nitrogens with zero attached hydrogens (tertiary/aromatic N) is 2. The second-order valence-electron chi connectivity index (χ2n) is 3.77. The van der Waals surface area contributed by atoms with Crippen LogP contribution in [0.4, 0.5) is 0 Å². The molecule has 0 saturated heterocycles. The molecule has 0 aliphatic heterocycles. The Morgan fingerprint density at radius 2 is 2.47 bits per heavy atom. The van der Waals surface area contributed by atoms with E-state index in [0.29, 0.717) is 13.2 Å². The van der Waals surface area contributed by atoms with Crippen LogP contribution in [0.15, 0.2) is 12.5 Å². The zero-order valence-corrected chi connectivity index (χ0v) is 10.2. The van der Waals surface area contributed by atoms with E-state index in [2.05, 4.69) is 21.8 Å². The predicted octanol–water partition coefficient (Wildman–Crippen LogP) is -0.115. The summed E-state index contributed by atoms with van der Waals surface area (Å²) in [6.45, 7) is 5.01. The van der Waals surface area contributed by atoms with Crippen molar-refractivity contribution in [3.63, 3.8) is 0 Å². The number of rotatable bonds is 9. The third-order valence-corrected chi connectivity index (χ3v) is 2.24. The normalized spacial score (nSPS) is 10.6. The number of hydrogen-bond acceptors (Lipinski definition) is 4. The number of aryl methyl sites for hydroxylation is 1. The summed E-state index contributed by atoms with van der Waals surface area (Å²) in [5.41, 5.74) is 6.10. The van der Waals surface area contributed by atoms with Crippen LogP contribution < -0.4 is 11.1 Å². The second-order valence-corrected chi connectivity index (χ2v) is 3.77. The van der Waals surface area contributed by atoms with Crippen molar-refractivity contribution in [1.29, 1.82) is 0 Å². The summed E-state index contributed by atoms with van der Waals surface area (Å²) in [6, 6.07) is 0. The van der Waals surface area contributed by atoms with Crippen LogP contribution in [0.2, 0.25) is 0 Å². The number of nitrogens with two attached hydrogens (primary N) is 1. The second kappa shape index (κ2) is 7.81. The van der Waals surface area contributed by atoms with Crippen LogP contribution in [-0.2, 0) is 22.6 Å². The number of amides is 1. The van der Waals surface area contributed by atoms with Crippen molar-refractivity contribution in [3.8, 4) is 0 Å². The van der Waals surface area contributed by atoms with E-state index >= 15 is 0 Å². The van der Waals surface area contributed by atoms with E-state index in [-0.39, 0.29) is 6.61 Å². The molecule has 1 amide bonds. The summed E-state index contributed by atoms with van der Waals surface area (Å²) in [5.74, 6) is -0.439. The molecule has 0 radical (unpaired) electrons. The van der Waals surface area contributed by atoms with Crippen LogP contribution in [0, 0.1) is 0 Å². The average molecular weight is 240 g/mol. The molecule has 1 rings (SSSR count). The highest BCUT2D eigenvalue weighted by Crippen LogP contribution is 1.99. The first-order chi connectivity index (χ1) is 8.24. The number of nitrogens with one attached hydrogen (secondary N) is 1. The number of aromatic nitrogens is 2. The molecule has 0 spiro atoms. The lowest BCUT2D eigenvalue weighted by atomic mass is 10.4. The molecule has 0 saturated carbocycles. The van der Waals surface area contributed by atoms with Gasteiger partial charge in [-0.3, -0.25) is 4.79 Å². The number of ether oxygens (including phenoxy) is 1. The molecule has 3 N–H and O–H groups in total. The molecule has 6 heteroatoms. The molecule has 0 unspecified atom stereocenters. The number of carbonyl (C=O) groups is 1. The molecule has 0 bridgehead atoms. The highest BCUT2D eigenvalue weighted by atomic mass is 16.5. The van der Waals surface area contributed by atoms with E-state index < -0.39 is 5.91 Å². The molecule has 0 aliphatic carbocycles. The quantitative estimate of drug-likeness (QED) is 0.590. The largest absolute Gasteiger partial charge is 0.370 e. The number of carbonyl (C=O) groups excluding carboxylic acids is 1. The lowest BCUT2D eigenvalue weighted by Gasteiger charge is -2.08. The smallest absolute Gasteiger partial charge is 0.243 e. The Labute approximate surface area is 101 Å². The van der Waals surface area contributed by atoms with Crippen molar-refractivity contribution in [3.05, 3.63) is 18.2 Å². The Kier molecular flexibility index (Phi) is 6.27. The van der Waals surface area contributed by atoms with E-state index in [1.165, 1.54) is 0 Å². The molecule has 1 aromatic heterocycles. The molecule has 0 aliphatic rings. The van der Waals surface area contributed by atoms with Gasteiger partial charge in [0.15, 0.2) is 0 Å². The van der Waals surface area contributed by atoms with Gasteiger partial charge in [0, 0.05) is 25.8 Å². The summed E-state index contributed by atoms with van der Waals surface area (Å²) >= 11 is 0. The van der Waals surface area contributed by atoms with Gasteiger partial charge in [-0.1, -0.05) is 6.92 Å².